The lowest BCUT2D eigenvalue weighted by atomic mass is 9.90. The molecule has 0 aliphatic carbocycles. The van der Waals surface area contributed by atoms with Crippen LogP contribution in [0.15, 0.2) is 82.7 Å². The molecular formula is C28H24ClN3O2. The number of aromatic nitrogens is 1. The summed E-state index contributed by atoms with van der Waals surface area (Å²) in [5, 5.41) is 7.72. The Morgan fingerprint density at radius 3 is 2.53 bits per heavy atom. The van der Waals surface area contributed by atoms with Crippen LogP contribution in [0.25, 0.3) is 22.0 Å². The first-order chi connectivity index (χ1) is 16.5. The van der Waals surface area contributed by atoms with E-state index in [1.54, 1.807) is 11.1 Å². The van der Waals surface area contributed by atoms with Crippen molar-refractivity contribution >= 4 is 34.1 Å². The fraction of sp³-hybridized carbons (Fsp3) is 0.179. The third-order valence-electron chi connectivity index (χ3n) is 6.34. The van der Waals surface area contributed by atoms with Gasteiger partial charge < -0.3 is 4.98 Å². The standard InChI is InChI=1S/C28H24ClN3O2/c1-3-25(33)32-24(20-12-8-7-9-17(20)2)16-23(31-32)27-26(18-10-5-4-6-11-18)21-15-19(29)13-14-22(21)30-28(27)34/h4-15,24H,3,16H2,1-2H3,(H,30,34)/t24-/m0/s1. The molecule has 0 spiro atoms. The first-order valence-electron chi connectivity index (χ1n) is 11.3. The molecule has 0 bridgehead atoms. The third kappa shape index (κ3) is 3.82. The van der Waals surface area contributed by atoms with Gasteiger partial charge in [0.05, 0.1) is 17.3 Å². The molecule has 34 heavy (non-hydrogen) atoms. The topological polar surface area (TPSA) is 65.5 Å². The minimum absolute atomic E-state index is 0.0789. The molecule has 0 saturated heterocycles. The molecule has 6 heteroatoms. The number of carbonyl (C=O) groups excluding carboxylic acids is 1. The summed E-state index contributed by atoms with van der Waals surface area (Å²) in [5.41, 5.74) is 5.32. The van der Waals surface area contributed by atoms with E-state index in [0.717, 1.165) is 27.6 Å². The zero-order valence-corrected chi connectivity index (χ0v) is 19.8. The Kier molecular flexibility index (Phi) is 5.80. The summed E-state index contributed by atoms with van der Waals surface area (Å²) in [5.74, 6) is -0.0789. The van der Waals surface area contributed by atoms with Crippen LogP contribution in [0.1, 0.15) is 42.5 Å². The highest BCUT2D eigenvalue weighted by Crippen LogP contribution is 2.38. The Hall–Kier alpha value is -3.70. The number of amides is 1. The second-order valence-corrected chi connectivity index (χ2v) is 8.91. The minimum Gasteiger partial charge on any atom is -0.321 e. The number of pyridine rings is 1. The molecule has 170 valence electrons. The van der Waals surface area contributed by atoms with Crippen LogP contribution < -0.4 is 5.56 Å². The van der Waals surface area contributed by atoms with Gasteiger partial charge in [0.2, 0.25) is 5.91 Å². The second kappa shape index (κ2) is 8.92. The summed E-state index contributed by atoms with van der Waals surface area (Å²) >= 11 is 6.36. The molecule has 3 aromatic carbocycles. The molecule has 4 aromatic rings. The Labute approximate surface area is 202 Å². The predicted molar refractivity (Wildman–Crippen MR) is 137 cm³/mol. The number of fused-ring (bicyclic) bond motifs is 1. The zero-order chi connectivity index (χ0) is 23.8. The summed E-state index contributed by atoms with van der Waals surface area (Å²) in [6.07, 6.45) is 0.778. The van der Waals surface area contributed by atoms with E-state index >= 15 is 0 Å². The van der Waals surface area contributed by atoms with E-state index in [2.05, 4.69) is 4.98 Å². The van der Waals surface area contributed by atoms with Crippen molar-refractivity contribution in [3.8, 4) is 11.1 Å². The minimum atomic E-state index is -0.262. The third-order valence-corrected chi connectivity index (χ3v) is 6.58. The molecule has 1 N–H and O–H groups in total. The van der Waals surface area contributed by atoms with Crippen LogP contribution in [-0.4, -0.2) is 21.6 Å². The number of nitrogens with zero attached hydrogens (tertiary/aromatic N) is 2. The monoisotopic (exact) mass is 469 g/mol. The molecule has 5 nitrogen and oxygen atoms in total. The molecule has 1 aliphatic heterocycles. The lowest BCUT2D eigenvalue weighted by molar-refractivity contribution is -0.132. The van der Waals surface area contributed by atoms with Crippen LogP contribution in [0.5, 0.6) is 0 Å². The van der Waals surface area contributed by atoms with Crippen molar-refractivity contribution in [1.29, 1.82) is 0 Å². The van der Waals surface area contributed by atoms with Crippen molar-refractivity contribution in [2.75, 3.05) is 0 Å². The number of H-pyrrole nitrogens is 1. The lowest BCUT2D eigenvalue weighted by Crippen LogP contribution is -2.26. The maximum absolute atomic E-state index is 13.5. The lowest BCUT2D eigenvalue weighted by Gasteiger charge is -2.23. The van der Waals surface area contributed by atoms with Crippen LogP contribution in [0.4, 0.5) is 0 Å². The maximum atomic E-state index is 13.5. The van der Waals surface area contributed by atoms with Gasteiger partial charge >= 0.3 is 0 Å². The van der Waals surface area contributed by atoms with E-state index in [-0.39, 0.29) is 17.5 Å². The molecule has 5 rings (SSSR count). The molecule has 0 saturated carbocycles. The second-order valence-electron chi connectivity index (χ2n) is 8.48. The van der Waals surface area contributed by atoms with Gasteiger partial charge in [-0.05, 0) is 41.8 Å². The van der Waals surface area contributed by atoms with Crippen molar-refractivity contribution in [2.45, 2.75) is 32.7 Å². The molecule has 1 aliphatic rings. The predicted octanol–water partition coefficient (Wildman–Crippen LogP) is 6.24. The van der Waals surface area contributed by atoms with Crippen molar-refractivity contribution in [1.82, 2.24) is 9.99 Å². The van der Waals surface area contributed by atoms with Gasteiger partial charge in [-0.25, -0.2) is 5.01 Å². The highest BCUT2D eigenvalue weighted by molar-refractivity contribution is 6.31. The highest BCUT2D eigenvalue weighted by Gasteiger charge is 2.35. The van der Waals surface area contributed by atoms with Crippen LogP contribution in [0, 0.1) is 6.92 Å². The highest BCUT2D eigenvalue weighted by atomic mass is 35.5. The van der Waals surface area contributed by atoms with Gasteiger partial charge in [-0.2, -0.15) is 5.10 Å². The fourth-order valence-electron chi connectivity index (χ4n) is 4.70. The Bertz CT molecular complexity index is 1490. The van der Waals surface area contributed by atoms with Crippen molar-refractivity contribution < 1.29 is 4.79 Å². The quantitative estimate of drug-likeness (QED) is 0.384. The molecule has 1 amide bonds. The van der Waals surface area contributed by atoms with Gasteiger partial charge in [0.15, 0.2) is 0 Å². The summed E-state index contributed by atoms with van der Waals surface area (Å²) in [7, 11) is 0. The van der Waals surface area contributed by atoms with E-state index in [1.165, 1.54) is 0 Å². The zero-order valence-electron chi connectivity index (χ0n) is 19.0. The molecular weight excluding hydrogens is 446 g/mol. The van der Waals surface area contributed by atoms with Crippen LogP contribution >= 0.6 is 11.6 Å². The van der Waals surface area contributed by atoms with Crippen LogP contribution in [0.2, 0.25) is 5.02 Å². The van der Waals surface area contributed by atoms with E-state index in [4.69, 9.17) is 16.7 Å². The SMILES string of the molecule is CCC(=O)N1N=C(c2c(-c3ccccc3)c3cc(Cl)ccc3[nH]c2=O)C[C@H]1c1ccccc1C. The van der Waals surface area contributed by atoms with Gasteiger partial charge in [-0.1, -0.05) is 73.1 Å². The first kappa shape index (κ1) is 22.1. The molecule has 0 radical (unpaired) electrons. The van der Waals surface area contributed by atoms with Crippen molar-refractivity contribution in [3.63, 3.8) is 0 Å². The van der Waals surface area contributed by atoms with Crippen molar-refractivity contribution in [2.24, 2.45) is 5.10 Å². The number of hydrazone groups is 1. The molecule has 1 atom stereocenters. The number of rotatable bonds is 4. The average Bonchev–Trinajstić information content (AvgIpc) is 3.28. The summed E-state index contributed by atoms with van der Waals surface area (Å²) < 4.78 is 0. The van der Waals surface area contributed by atoms with Gasteiger partial charge in [0, 0.05) is 34.3 Å². The average molecular weight is 470 g/mol. The number of aromatic amines is 1. The number of hydrogen-bond acceptors (Lipinski definition) is 3. The number of nitrogens with one attached hydrogen (secondary N) is 1. The molecule has 1 aromatic heterocycles. The number of halogens is 1. The first-order valence-corrected chi connectivity index (χ1v) is 11.7. The fourth-order valence-corrected chi connectivity index (χ4v) is 4.87. The van der Waals surface area contributed by atoms with Gasteiger partial charge in [0.1, 0.15) is 0 Å². The smallest absolute Gasteiger partial charge is 0.258 e. The van der Waals surface area contributed by atoms with E-state index in [9.17, 15) is 9.59 Å². The van der Waals surface area contributed by atoms with E-state index < -0.39 is 0 Å². The summed E-state index contributed by atoms with van der Waals surface area (Å²) in [6, 6.07) is 22.9. The largest absolute Gasteiger partial charge is 0.321 e. The van der Waals surface area contributed by atoms with Gasteiger partial charge in [0.25, 0.3) is 5.56 Å². The van der Waals surface area contributed by atoms with E-state index in [1.807, 2.05) is 80.6 Å². The van der Waals surface area contributed by atoms with Crippen LogP contribution in [-0.2, 0) is 4.79 Å². The number of hydrogen-bond donors (Lipinski definition) is 1. The number of benzene rings is 3. The van der Waals surface area contributed by atoms with Gasteiger partial charge in [-0.3, -0.25) is 9.59 Å². The Morgan fingerprint density at radius 2 is 1.79 bits per heavy atom. The number of carbonyl (C=O) groups is 1. The summed E-state index contributed by atoms with van der Waals surface area (Å²) in [4.78, 5) is 29.4. The summed E-state index contributed by atoms with van der Waals surface area (Å²) in [6.45, 7) is 3.85. The van der Waals surface area contributed by atoms with Gasteiger partial charge in [-0.15, -0.1) is 0 Å². The Balaban J connectivity index is 1.76. The van der Waals surface area contributed by atoms with E-state index in [0.29, 0.717) is 34.7 Å². The molecule has 0 fully saturated rings. The molecule has 0 unspecified atom stereocenters. The van der Waals surface area contributed by atoms with Crippen LogP contribution in [0.3, 0.4) is 0 Å². The van der Waals surface area contributed by atoms with Crippen molar-refractivity contribution in [3.05, 3.63) is 105 Å². The number of aryl methyl sites for hydroxylation is 1. The normalized spacial score (nSPS) is 15.6. The Morgan fingerprint density at radius 1 is 1.06 bits per heavy atom. The molecule has 2 heterocycles. The maximum Gasteiger partial charge on any atom is 0.258 e.